The fourth-order valence-electron chi connectivity index (χ4n) is 3.77. The summed E-state index contributed by atoms with van der Waals surface area (Å²) in [6, 6.07) is 15.7. The SMILES string of the molecule is COCCC/C=C1/C(=O)N(C)c2ccc(C3CC3)cc2N(c2ccccc2)C1=O. The minimum absolute atomic E-state index is 0.205. The summed E-state index contributed by atoms with van der Waals surface area (Å²) in [5, 5.41) is 0. The molecule has 0 aromatic heterocycles. The molecule has 1 aliphatic carbocycles. The monoisotopic (exact) mass is 390 g/mol. The van der Waals surface area contributed by atoms with Gasteiger partial charge in [-0.15, -0.1) is 0 Å². The topological polar surface area (TPSA) is 49.9 Å². The fourth-order valence-corrected chi connectivity index (χ4v) is 3.77. The van der Waals surface area contributed by atoms with Crippen molar-refractivity contribution in [2.45, 2.75) is 31.6 Å². The quantitative estimate of drug-likeness (QED) is 0.413. The third-order valence-electron chi connectivity index (χ3n) is 5.53. The highest BCUT2D eigenvalue weighted by Crippen LogP contribution is 2.45. The van der Waals surface area contributed by atoms with Crippen LogP contribution in [0.5, 0.6) is 0 Å². The summed E-state index contributed by atoms with van der Waals surface area (Å²) in [5.41, 5.74) is 3.71. The zero-order chi connectivity index (χ0) is 20.4. The van der Waals surface area contributed by atoms with E-state index in [4.69, 9.17) is 4.74 Å². The molecular weight excluding hydrogens is 364 g/mol. The molecule has 5 heteroatoms. The van der Waals surface area contributed by atoms with Gasteiger partial charge >= 0.3 is 0 Å². The lowest BCUT2D eigenvalue weighted by molar-refractivity contribution is -0.120. The third-order valence-corrected chi connectivity index (χ3v) is 5.53. The molecule has 150 valence electrons. The molecule has 0 unspecified atom stereocenters. The number of fused-ring (bicyclic) bond motifs is 1. The Morgan fingerprint density at radius 3 is 2.48 bits per heavy atom. The summed E-state index contributed by atoms with van der Waals surface area (Å²) in [7, 11) is 3.39. The molecule has 2 aromatic carbocycles. The summed E-state index contributed by atoms with van der Waals surface area (Å²) in [5.74, 6) is 0.00442. The molecule has 0 radical (unpaired) electrons. The third kappa shape index (κ3) is 3.83. The van der Waals surface area contributed by atoms with Crippen molar-refractivity contribution in [2.24, 2.45) is 0 Å². The molecule has 0 N–H and O–H groups in total. The second kappa shape index (κ2) is 8.21. The Morgan fingerprint density at radius 1 is 1.03 bits per heavy atom. The minimum Gasteiger partial charge on any atom is -0.385 e. The van der Waals surface area contributed by atoms with Gasteiger partial charge in [-0.3, -0.25) is 14.5 Å². The van der Waals surface area contributed by atoms with E-state index in [1.165, 1.54) is 18.4 Å². The molecule has 1 aliphatic heterocycles. The van der Waals surface area contributed by atoms with E-state index in [0.717, 1.165) is 23.5 Å². The first-order chi connectivity index (χ1) is 14.1. The number of likely N-dealkylation sites (N-methyl/N-ethyl adjacent to an activating group) is 1. The Hall–Kier alpha value is -2.92. The maximum atomic E-state index is 13.6. The van der Waals surface area contributed by atoms with Gasteiger partial charge in [0.15, 0.2) is 0 Å². The van der Waals surface area contributed by atoms with Crippen molar-refractivity contribution in [2.75, 3.05) is 30.6 Å². The second-order valence-corrected chi connectivity index (χ2v) is 7.62. The number of carbonyl (C=O) groups excluding carboxylic acids is 2. The molecule has 1 saturated carbocycles. The predicted octanol–water partition coefficient (Wildman–Crippen LogP) is 4.56. The number of rotatable bonds is 6. The van der Waals surface area contributed by atoms with E-state index in [9.17, 15) is 9.59 Å². The molecule has 29 heavy (non-hydrogen) atoms. The Bertz CT molecular complexity index is 948. The second-order valence-electron chi connectivity index (χ2n) is 7.62. The van der Waals surface area contributed by atoms with Crippen molar-refractivity contribution in [3.05, 3.63) is 65.7 Å². The number of nitrogens with zero attached hydrogens (tertiary/aromatic N) is 2. The van der Waals surface area contributed by atoms with Gasteiger partial charge in [0.25, 0.3) is 11.8 Å². The van der Waals surface area contributed by atoms with Crippen LogP contribution in [0, 0.1) is 0 Å². The standard InChI is InChI=1S/C24H26N2O3/c1-25-21-14-13-18(17-11-12-17)16-22(21)26(19-8-4-3-5-9-19)24(28)20(23(25)27)10-6-7-15-29-2/h3-5,8-10,13-14,16-17H,6-7,11-12,15H2,1-2H3/b20-10-. The van der Waals surface area contributed by atoms with Gasteiger partial charge in [0.2, 0.25) is 0 Å². The van der Waals surface area contributed by atoms with Crippen molar-refractivity contribution < 1.29 is 14.3 Å². The summed E-state index contributed by atoms with van der Waals surface area (Å²) < 4.78 is 5.09. The van der Waals surface area contributed by atoms with Crippen LogP contribution in [0.3, 0.4) is 0 Å². The number of para-hydroxylation sites is 1. The number of ether oxygens (including phenoxy) is 1. The first-order valence-corrected chi connectivity index (χ1v) is 10.1. The van der Waals surface area contributed by atoms with Gasteiger partial charge in [0, 0.05) is 26.5 Å². The summed E-state index contributed by atoms with van der Waals surface area (Å²) in [6.45, 7) is 0.593. The maximum Gasteiger partial charge on any atom is 0.268 e. The number of hydrogen-bond acceptors (Lipinski definition) is 3. The number of methoxy groups -OCH3 is 1. The number of allylic oxidation sites excluding steroid dienone is 1. The molecular formula is C24H26N2O3. The zero-order valence-corrected chi connectivity index (χ0v) is 16.9. The fraction of sp³-hybridized carbons (Fsp3) is 0.333. The van der Waals surface area contributed by atoms with E-state index < -0.39 is 0 Å². The minimum atomic E-state index is -0.280. The number of carbonyl (C=O) groups is 2. The van der Waals surface area contributed by atoms with Crippen LogP contribution in [0.2, 0.25) is 0 Å². The maximum absolute atomic E-state index is 13.6. The van der Waals surface area contributed by atoms with Gasteiger partial charge < -0.3 is 9.64 Å². The molecule has 1 fully saturated rings. The highest BCUT2D eigenvalue weighted by Gasteiger charge is 2.36. The van der Waals surface area contributed by atoms with Gasteiger partial charge in [-0.25, -0.2) is 0 Å². The van der Waals surface area contributed by atoms with Crippen molar-refractivity contribution >= 4 is 28.9 Å². The number of anilines is 3. The number of amides is 2. The number of benzene rings is 2. The molecule has 0 saturated heterocycles. The average Bonchev–Trinajstić information content (AvgIpc) is 3.59. The first kappa shape index (κ1) is 19.4. The first-order valence-electron chi connectivity index (χ1n) is 10.1. The van der Waals surface area contributed by atoms with Crippen LogP contribution in [0.1, 0.15) is 37.2 Å². The van der Waals surface area contributed by atoms with Gasteiger partial charge in [-0.05, 0) is 61.4 Å². The Balaban J connectivity index is 1.83. The van der Waals surface area contributed by atoms with Crippen LogP contribution < -0.4 is 9.80 Å². The van der Waals surface area contributed by atoms with Crippen molar-refractivity contribution in [3.63, 3.8) is 0 Å². The van der Waals surface area contributed by atoms with Crippen LogP contribution in [0.25, 0.3) is 0 Å². The lowest BCUT2D eigenvalue weighted by Crippen LogP contribution is -2.32. The molecule has 0 bridgehead atoms. The van der Waals surface area contributed by atoms with Crippen LogP contribution in [-0.2, 0) is 14.3 Å². The summed E-state index contributed by atoms with van der Waals surface area (Å²) >= 11 is 0. The van der Waals surface area contributed by atoms with Gasteiger partial charge in [0.1, 0.15) is 5.57 Å². The summed E-state index contributed by atoms with van der Waals surface area (Å²) in [4.78, 5) is 30.1. The Labute approximate surface area is 171 Å². The van der Waals surface area contributed by atoms with E-state index in [-0.39, 0.29) is 17.4 Å². The number of unbranched alkanes of at least 4 members (excludes halogenated alkanes) is 1. The Kier molecular flexibility index (Phi) is 5.49. The van der Waals surface area contributed by atoms with Gasteiger partial charge in [-0.1, -0.05) is 30.3 Å². The Morgan fingerprint density at radius 2 is 1.79 bits per heavy atom. The lowest BCUT2D eigenvalue weighted by Gasteiger charge is -2.24. The molecule has 2 aromatic rings. The van der Waals surface area contributed by atoms with Crippen LogP contribution >= 0.6 is 0 Å². The van der Waals surface area contributed by atoms with E-state index in [2.05, 4.69) is 12.1 Å². The molecule has 4 rings (SSSR count). The van der Waals surface area contributed by atoms with E-state index in [0.29, 0.717) is 18.9 Å². The molecule has 2 aliphatic rings. The van der Waals surface area contributed by atoms with Crippen molar-refractivity contribution in [1.29, 1.82) is 0 Å². The van der Waals surface area contributed by atoms with Gasteiger partial charge in [-0.2, -0.15) is 0 Å². The van der Waals surface area contributed by atoms with Crippen molar-refractivity contribution in [3.8, 4) is 0 Å². The van der Waals surface area contributed by atoms with E-state index in [1.54, 1.807) is 30.0 Å². The summed E-state index contributed by atoms with van der Waals surface area (Å²) in [6.07, 6.45) is 5.48. The van der Waals surface area contributed by atoms with Gasteiger partial charge in [0.05, 0.1) is 11.4 Å². The van der Waals surface area contributed by atoms with Crippen LogP contribution in [0.15, 0.2) is 60.2 Å². The largest absolute Gasteiger partial charge is 0.385 e. The van der Waals surface area contributed by atoms with Crippen molar-refractivity contribution in [1.82, 2.24) is 0 Å². The smallest absolute Gasteiger partial charge is 0.268 e. The van der Waals surface area contributed by atoms with Crippen LogP contribution in [-0.4, -0.2) is 32.6 Å². The highest BCUT2D eigenvalue weighted by molar-refractivity contribution is 6.32. The lowest BCUT2D eigenvalue weighted by atomic mass is 10.1. The molecule has 2 amide bonds. The zero-order valence-electron chi connectivity index (χ0n) is 16.9. The average molecular weight is 390 g/mol. The molecule has 5 nitrogen and oxygen atoms in total. The normalized spacial score (nSPS) is 18.2. The molecule has 0 spiro atoms. The molecule has 1 heterocycles. The predicted molar refractivity (Wildman–Crippen MR) is 115 cm³/mol. The number of hydrogen-bond donors (Lipinski definition) is 0. The van der Waals surface area contributed by atoms with E-state index >= 15 is 0 Å². The van der Waals surface area contributed by atoms with E-state index in [1.807, 2.05) is 36.4 Å². The van der Waals surface area contributed by atoms with Crippen LogP contribution in [0.4, 0.5) is 17.1 Å². The molecule has 0 atom stereocenters. The highest BCUT2D eigenvalue weighted by atomic mass is 16.5.